The Labute approximate surface area is 159 Å². The van der Waals surface area contributed by atoms with Crippen LogP contribution in [0, 0.1) is 5.92 Å². The summed E-state index contributed by atoms with van der Waals surface area (Å²) in [5.74, 6) is 0.799. The van der Waals surface area contributed by atoms with E-state index in [1.54, 1.807) is 20.5 Å². The zero-order valence-electron chi connectivity index (χ0n) is 15.8. The van der Waals surface area contributed by atoms with E-state index >= 15 is 0 Å². The van der Waals surface area contributed by atoms with Gasteiger partial charge in [0.05, 0.1) is 18.2 Å². The molecule has 1 N–H and O–H groups in total. The fourth-order valence-electron chi connectivity index (χ4n) is 3.28. The molecule has 2 aromatic rings. The molecule has 0 radical (unpaired) electrons. The summed E-state index contributed by atoms with van der Waals surface area (Å²) in [4.78, 5) is 23.5. The van der Waals surface area contributed by atoms with Gasteiger partial charge in [0, 0.05) is 38.9 Å². The van der Waals surface area contributed by atoms with Crippen molar-refractivity contribution >= 4 is 11.7 Å². The molecule has 0 aliphatic carbocycles. The Hall–Kier alpha value is -2.51. The van der Waals surface area contributed by atoms with Crippen LogP contribution < -0.4 is 10.2 Å². The van der Waals surface area contributed by atoms with Crippen molar-refractivity contribution in [2.45, 2.75) is 19.1 Å². The second kappa shape index (κ2) is 9.43. The SMILES string of the molecule is COC(CNC(=O)C1CCCN(c2cc(-c3ccccc3)ncn2)C1)OC. The van der Waals surface area contributed by atoms with Crippen molar-refractivity contribution in [3.63, 3.8) is 0 Å². The first-order valence-corrected chi connectivity index (χ1v) is 9.17. The quantitative estimate of drug-likeness (QED) is 0.752. The fourth-order valence-corrected chi connectivity index (χ4v) is 3.28. The van der Waals surface area contributed by atoms with Crippen molar-refractivity contribution in [1.29, 1.82) is 0 Å². The maximum Gasteiger partial charge on any atom is 0.225 e. The number of amides is 1. The Bertz CT molecular complexity index is 737. The Morgan fingerprint density at radius 3 is 2.78 bits per heavy atom. The normalized spacial score (nSPS) is 17.1. The number of carbonyl (C=O) groups is 1. The summed E-state index contributed by atoms with van der Waals surface area (Å²) in [6.45, 7) is 1.86. The number of anilines is 1. The third kappa shape index (κ3) is 5.02. The molecule has 2 heterocycles. The molecule has 7 nitrogen and oxygen atoms in total. The van der Waals surface area contributed by atoms with Crippen LogP contribution >= 0.6 is 0 Å². The van der Waals surface area contributed by atoms with Gasteiger partial charge in [0.2, 0.25) is 5.91 Å². The highest BCUT2D eigenvalue weighted by Crippen LogP contribution is 2.25. The van der Waals surface area contributed by atoms with Gasteiger partial charge in [0.25, 0.3) is 0 Å². The minimum Gasteiger partial charge on any atom is -0.356 e. The topological polar surface area (TPSA) is 76.6 Å². The van der Waals surface area contributed by atoms with Gasteiger partial charge in [-0.1, -0.05) is 30.3 Å². The van der Waals surface area contributed by atoms with Crippen molar-refractivity contribution in [2.75, 3.05) is 38.8 Å². The predicted molar refractivity (Wildman–Crippen MR) is 103 cm³/mol. The molecule has 1 unspecified atom stereocenters. The van der Waals surface area contributed by atoms with E-state index in [2.05, 4.69) is 20.2 Å². The molecule has 3 rings (SSSR count). The highest BCUT2D eigenvalue weighted by molar-refractivity contribution is 5.79. The molecular formula is C20H26N4O3. The molecular weight excluding hydrogens is 344 g/mol. The molecule has 1 fully saturated rings. The molecule has 1 amide bonds. The van der Waals surface area contributed by atoms with Gasteiger partial charge >= 0.3 is 0 Å². The van der Waals surface area contributed by atoms with E-state index in [4.69, 9.17) is 9.47 Å². The van der Waals surface area contributed by atoms with Gasteiger partial charge in [-0.2, -0.15) is 0 Å². The Morgan fingerprint density at radius 2 is 2.04 bits per heavy atom. The Kier molecular flexibility index (Phi) is 6.73. The van der Waals surface area contributed by atoms with E-state index in [-0.39, 0.29) is 11.8 Å². The van der Waals surface area contributed by atoms with Crippen molar-refractivity contribution in [2.24, 2.45) is 5.92 Å². The first-order chi connectivity index (χ1) is 13.2. The van der Waals surface area contributed by atoms with Gasteiger partial charge in [0.1, 0.15) is 12.1 Å². The zero-order chi connectivity index (χ0) is 19.1. The van der Waals surface area contributed by atoms with Crippen LogP contribution in [0.5, 0.6) is 0 Å². The van der Waals surface area contributed by atoms with Crippen LogP contribution in [0.1, 0.15) is 12.8 Å². The number of aromatic nitrogens is 2. The second-order valence-electron chi connectivity index (χ2n) is 6.56. The average Bonchev–Trinajstić information content (AvgIpc) is 2.75. The maximum atomic E-state index is 12.5. The van der Waals surface area contributed by atoms with Gasteiger partial charge in [-0.15, -0.1) is 0 Å². The lowest BCUT2D eigenvalue weighted by Crippen LogP contribution is -2.45. The van der Waals surface area contributed by atoms with Gasteiger partial charge < -0.3 is 19.7 Å². The summed E-state index contributed by atoms with van der Waals surface area (Å²) in [6, 6.07) is 12.0. The summed E-state index contributed by atoms with van der Waals surface area (Å²) >= 11 is 0. The minimum absolute atomic E-state index is 0.0242. The number of benzene rings is 1. The summed E-state index contributed by atoms with van der Waals surface area (Å²) in [5.41, 5.74) is 1.94. The number of ether oxygens (including phenoxy) is 2. The van der Waals surface area contributed by atoms with E-state index in [9.17, 15) is 4.79 Å². The van der Waals surface area contributed by atoms with Crippen molar-refractivity contribution in [3.8, 4) is 11.3 Å². The molecule has 7 heteroatoms. The van der Waals surface area contributed by atoms with Gasteiger partial charge in [-0.3, -0.25) is 4.79 Å². The van der Waals surface area contributed by atoms with E-state index in [0.29, 0.717) is 13.1 Å². The minimum atomic E-state index is -0.427. The third-order valence-corrected chi connectivity index (χ3v) is 4.81. The zero-order valence-corrected chi connectivity index (χ0v) is 15.8. The Morgan fingerprint density at radius 1 is 1.26 bits per heavy atom. The fraction of sp³-hybridized carbons (Fsp3) is 0.450. The average molecular weight is 370 g/mol. The monoisotopic (exact) mass is 370 g/mol. The van der Waals surface area contributed by atoms with E-state index in [0.717, 1.165) is 36.5 Å². The number of rotatable bonds is 7. The lowest BCUT2D eigenvalue weighted by atomic mass is 9.97. The molecule has 0 saturated carbocycles. The molecule has 0 bridgehead atoms. The number of methoxy groups -OCH3 is 2. The molecule has 1 aliphatic rings. The number of piperidine rings is 1. The van der Waals surface area contributed by atoms with Crippen LogP contribution in [0.4, 0.5) is 5.82 Å². The number of nitrogens with zero attached hydrogens (tertiary/aromatic N) is 3. The van der Waals surface area contributed by atoms with Gasteiger partial charge in [-0.05, 0) is 12.8 Å². The first kappa shape index (κ1) is 19.3. The molecule has 1 aromatic carbocycles. The first-order valence-electron chi connectivity index (χ1n) is 9.17. The summed E-state index contributed by atoms with van der Waals surface area (Å²) in [5, 5.41) is 2.92. The van der Waals surface area contributed by atoms with E-state index in [1.165, 1.54) is 0 Å². The maximum absolute atomic E-state index is 12.5. The second-order valence-corrected chi connectivity index (χ2v) is 6.56. The standard InChI is InChI=1S/C20H26N4O3/c1-26-19(27-2)12-21-20(25)16-9-6-10-24(13-16)18-11-17(22-14-23-18)15-7-4-3-5-8-15/h3-5,7-8,11,14,16,19H,6,9-10,12-13H2,1-2H3,(H,21,25). The molecule has 1 saturated heterocycles. The van der Waals surface area contributed by atoms with Crippen LogP contribution in [-0.2, 0) is 14.3 Å². The lowest BCUT2D eigenvalue weighted by Gasteiger charge is -2.33. The molecule has 1 aromatic heterocycles. The van der Waals surface area contributed by atoms with E-state index < -0.39 is 6.29 Å². The summed E-state index contributed by atoms with van der Waals surface area (Å²) < 4.78 is 10.2. The van der Waals surface area contributed by atoms with Crippen molar-refractivity contribution in [1.82, 2.24) is 15.3 Å². The number of hydrogen-bond donors (Lipinski definition) is 1. The van der Waals surface area contributed by atoms with E-state index in [1.807, 2.05) is 36.4 Å². The number of hydrogen-bond acceptors (Lipinski definition) is 6. The molecule has 1 aliphatic heterocycles. The van der Waals surface area contributed by atoms with Crippen molar-refractivity contribution in [3.05, 3.63) is 42.7 Å². The van der Waals surface area contributed by atoms with Crippen LogP contribution in [0.15, 0.2) is 42.7 Å². The third-order valence-electron chi connectivity index (χ3n) is 4.81. The Balaban J connectivity index is 1.65. The van der Waals surface area contributed by atoms with Crippen molar-refractivity contribution < 1.29 is 14.3 Å². The molecule has 27 heavy (non-hydrogen) atoms. The van der Waals surface area contributed by atoms with Gasteiger partial charge in [0.15, 0.2) is 6.29 Å². The highest BCUT2D eigenvalue weighted by Gasteiger charge is 2.27. The van der Waals surface area contributed by atoms with Crippen LogP contribution in [0.3, 0.4) is 0 Å². The number of nitrogens with one attached hydrogen (secondary N) is 1. The number of carbonyl (C=O) groups excluding carboxylic acids is 1. The smallest absolute Gasteiger partial charge is 0.225 e. The summed E-state index contributed by atoms with van der Waals surface area (Å²) in [7, 11) is 3.12. The highest BCUT2D eigenvalue weighted by atomic mass is 16.7. The largest absolute Gasteiger partial charge is 0.356 e. The van der Waals surface area contributed by atoms with Crippen LogP contribution in [-0.4, -0.2) is 56.0 Å². The molecule has 1 atom stereocenters. The lowest BCUT2D eigenvalue weighted by molar-refractivity contribution is -0.131. The summed E-state index contributed by atoms with van der Waals surface area (Å²) in [6.07, 6.45) is 2.97. The van der Waals surface area contributed by atoms with Gasteiger partial charge in [-0.25, -0.2) is 9.97 Å². The predicted octanol–water partition coefficient (Wildman–Crippen LogP) is 2.10. The molecule has 144 valence electrons. The van der Waals surface area contributed by atoms with Crippen LogP contribution in [0.25, 0.3) is 11.3 Å². The molecule has 0 spiro atoms. The van der Waals surface area contributed by atoms with Crippen LogP contribution in [0.2, 0.25) is 0 Å².